The predicted molar refractivity (Wildman–Crippen MR) is 117 cm³/mol. The van der Waals surface area contributed by atoms with Crippen molar-refractivity contribution in [1.29, 1.82) is 0 Å². The molecule has 0 radical (unpaired) electrons. The summed E-state index contributed by atoms with van der Waals surface area (Å²) >= 11 is 1.64. The molecule has 2 heterocycles. The lowest BCUT2D eigenvalue weighted by atomic mass is 10.1. The highest BCUT2D eigenvalue weighted by Gasteiger charge is 2.21. The van der Waals surface area contributed by atoms with Gasteiger partial charge in [-0.2, -0.15) is 0 Å². The lowest BCUT2D eigenvalue weighted by Crippen LogP contribution is -2.31. The fraction of sp³-hybridized carbons (Fsp3) is 0.318. The summed E-state index contributed by atoms with van der Waals surface area (Å²) in [7, 11) is 0. The van der Waals surface area contributed by atoms with Crippen molar-refractivity contribution in [2.45, 2.75) is 37.1 Å². The fourth-order valence-corrected chi connectivity index (χ4v) is 4.39. The first-order valence-electron chi connectivity index (χ1n) is 9.91. The number of aromatic nitrogens is 3. The van der Waals surface area contributed by atoms with E-state index in [0.29, 0.717) is 5.56 Å². The highest BCUT2D eigenvalue weighted by molar-refractivity contribution is 7.98. The normalized spacial score (nSPS) is 14.2. The van der Waals surface area contributed by atoms with Gasteiger partial charge in [-0.1, -0.05) is 41.6 Å². The number of anilines is 1. The van der Waals surface area contributed by atoms with Gasteiger partial charge in [0.1, 0.15) is 0 Å². The third-order valence-electron chi connectivity index (χ3n) is 5.15. The Kier molecular flexibility index (Phi) is 5.85. The predicted octanol–water partition coefficient (Wildman–Crippen LogP) is 3.96. The summed E-state index contributed by atoms with van der Waals surface area (Å²) in [5, 5.41) is 9.93. The second kappa shape index (κ2) is 8.69. The van der Waals surface area contributed by atoms with E-state index in [1.165, 1.54) is 24.8 Å². The summed E-state index contributed by atoms with van der Waals surface area (Å²) in [6, 6.07) is 15.9. The Morgan fingerprint density at radius 1 is 1.00 bits per heavy atom. The van der Waals surface area contributed by atoms with Gasteiger partial charge in [-0.25, -0.2) is 0 Å². The molecule has 3 aromatic rings. The van der Waals surface area contributed by atoms with E-state index in [1.807, 2.05) is 12.1 Å². The SMILES string of the molecule is Cc1ccc(-n2c(SCc3ccc(C(N)=O)cc3)nnc2N2CCCCC2)cc1. The molecule has 0 aliphatic carbocycles. The summed E-state index contributed by atoms with van der Waals surface area (Å²) < 4.78 is 2.16. The molecule has 1 fully saturated rings. The molecule has 4 rings (SSSR count). The number of amides is 1. The molecule has 0 saturated carbocycles. The topological polar surface area (TPSA) is 77.0 Å². The van der Waals surface area contributed by atoms with E-state index in [4.69, 9.17) is 5.73 Å². The minimum absolute atomic E-state index is 0.408. The number of benzene rings is 2. The number of piperidine rings is 1. The third kappa shape index (κ3) is 4.45. The zero-order valence-electron chi connectivity index (χ0n) is 16.5. The maximum Gasteiger partial charge on any atom is 0.248 e. The molecule has 0 unspecified atom stereocenters. The molecule has 1 aromatic heterocycles. The molecule has 1 amide bonds. The Bertz CT molecular complexity index is 975. The second-order valence-corrected chi connectivity index (χ2v) is 8.29. The standard InChI is InChI=1S/C22H25N5OS/c1-16-5-11-19(12-6-16)27-21(26-13-3-2-4-14-26)24-25-22(27)29-15-17-7-9-18(10-8-17)20(23)28/h5-12H,2-4,13-15H2,1H3,(H2,23,28). The van der Waals surface area contributed by atoms with E-state index in [1.54, 1.807) is 23.9 Å². The first-order chi connectivity index (χ1) is 14.1. The van der Waals surface area contributed by atoms with E-state index in [0.717, 1.165) is 41.2 Å². The van der Waals surface area contributed by atoms with Gasteiger partial charge >= 0.3 is 0 Å². The van der Waals surface area contributed by atoms with Crippen molar-refractivity contribution in [3.05, 3.63) is 65.2 Å². The Balaban J connectivity index is 1.61. The highest BCUT2D eigenvalue weighted by atomic mass is 32.2. The number of nitrogens with zero attached hydrogens (tertiary/aromatic N) is 4. The quantitative estimate of drug-likeness (QED) is 0.626. The summed E-state index contributed by atoms with van der Waals surface area (Å²) in [6.07, 6.45) is 3.66. The van der Waals surface area contributed by atoms with Crippen LogP contribution in [0.2, 0.25) is 0 Å². The Labute approximate surface area is 175 Å². The second-order valence-electron chi connectivity index (χ2n) is 7.35. The largest absolute Gasteiger partial charge is 0.366 e. The van der Waals surface area contributed by atoms with E-state index in [9.17, 15) is 4.79 Å². The number of hydrogen-bond donors (Lipinski definition) is 1. The van der Waals surface area contributed by atoms with Gasteiger partial charge in [0.05, 0.1) is 5.69 Å². The van der Waals surface area contributed by atoms with E-state index in [-0.39, 0.29) is 0 Å². The third-order valence-corrected chi connectivity index (χ3v) is 6.15. The monoisotopic (exact) mass is 407 g/mol. The van der Waals surface area contributed by atoms with E-state index in [2.05, 4.69) is 50.9 Å². The highest BCUT2D eigenvalue weighted by Crippen LogP contribution is 2.30. The average molecular weight is 408 g/mol. The van der Waals surface area contributed by atoms with Crippen LogP contribution in [0, 0.1) is 6.92 Å². The zero-order valence-corrected chi connectivity index (χ0v) is 17.4. The summed E-state index contributed by atoms with van der Waals surface area (Å²) in [5.74, 6) is 1.25. The fourth-order valence-electron chi connectivity index (χ4n) is 3.49. The van der Waals surface area contributed by atoms with Crippen molar-refractivity contribution in [3.8, 4) is 5.69 Å². The van der Waals surface area contributed by atoms with Gasteiger partial charge in [0.2, 0.25) is 11.9 Å². The van der Waals surface area contributed by atoms with Crippen molar-refractivity contribution < 1.29 is 4.79 Å². The molecule has 7 heteroatoms. The van der Waals surface area contributed by atoms with Crippen LogP contribution in [0.3, 0.4) is 0 Å². The zero-order chi connectivity index (χ0) is 20.2. The maximum atomic E-state index is 11.3. The van der Waals surface area contributed by atoms with Gasteiger partial charge in [-0.05, 0) is 56.0 Å². The molecule has 1 saturated heterocycles. The van der Waals surface area contributed by atoms with Crippen LogP contribution in [0.5, 0.6) is 0 Å². The van der Waals surface area contributed by atoms with Crippen molar-refractivity contribution in [3.63, 3.8) is 0 Å². The molecule has 150 valence electrons. The Morgan fingerprint density at radius 3 is 2.34 bits per heavy atom. The van der Waals surface area contributed by atoms with Crippen LogP contribution in [0.1, 0.15) is 40.7 Å². The van der Waals surface area contributed by atoms with Gasteiger partial charge in [-0.3, -0.25) is 9.36 Å². The molecular formula is C22H25N5OS. The lowest BCUT2D eigenvalue weighted by molar-refractivity contribution is 0.100. The van der Waals surface area contributed by atoms with Crippen LogP contribution in [-0.2, 0) is 5.75 Å². The molecular weight excluding hydrogens is 382 g/mol. The molecule has 0 bridgehead atoms. The van der Waals surface area contributed by atoms with E-state index < -0.39 is 5.91 Å². The molecule has 6 nitrogen and oxygen atoms in total. The van der Waals surface area contributed by atoms with Crippen LogP contribution in [0.4, 0.5) is 5.95 Å². The number of hydrogen-bond acceptors (Lipinski definition) is 5. The maximum absolute atomic E-state index is 11.3. The summed E-state index contributed by atoms with van der Waals surface area (Å²) in [6.45, 7) is 4.12. The van der Waals surface area contributed by atoms with Crippen LogP contribution in [0.25, 0.3) is 5.69 Å². The van der Waals surface area contributed by atoms with Crippen LogP contribution in [-0.4, -0.2) is 33.8 Å². The van der Waals surface area contributed by atoms with Crippen molar-refractivity contribution in [2.75, 3.05) is 18.0 Å². The number of primary amides is 1. The van der Waals surface area contributed by atoms with Gasteiger partial charge in [0.15, 0.2) is 5.16 Å². The number of carbonyl (C=O) groups excluding carboxylic acids is 1. The van der Waals surface area contributed by atoms with Crippen LogP contribution >= 0.6 is 11.8 Å². The molecule has 1 aliphatic rings. The van der Waals surface area contributed by atoms with Gasteiger partial charge < -0.3 is 10.6 Å². The first kappa shape index (κ1) is 19.5. The number of rotatable bonds is 6. The average Bonchev–Trinajstić information content (AvgIpc) is 3.17. The van der Waals surface area contributed by atoms with Gasteiger partial charge in [0, 0.05) is 24.4 Å². The van der Waals surface area contributed by atoms with Gasteiger partial charge in [0.25, 0.3) is 0 Å². The number of nitrogens with two attached hydrogens (primary N) is 1. The first-order valence-corrected chi connectivity index (χ1v) is 10.9. The number of aryl methyl sites for hydroxylation is 1. The Hall–Kier alpha value is -2.80. The lowest BCUT2D eigenvalue weighted by Gasteiger charge is -2.27. The molecule has 2 N–H and O–H groups in total. The minimum atomic E-state index is -0.408. The van der Waals surface area contributed by atoms with Gasteiger partial charge in [-0.15, -0.1) is 10.2 Å². The minimum Gasteiger partial charge on any atom is -0.366 e. The molecule has 0 spiro atoms. The van der Waals surface area contributed by atoms with E-state index >= 15 is 0 Å². The van der Waals surface area contributed by atoms with Crippen molar-refractivity contribution in [2.24, 2.45) is 5.73 Å². The van der Waals surface area contributed by atoms with Crippen LogP contribution in [0.15, 0.2) is 53.7 Å². The number of carbonyl (C=O) groups is 1. The number of thioether (sulfide) groups is 1. The van der Waals surface area contributed by atoms with Crippen molar-refractivity contribution in [1.82, 2.24) is 14.8 Å². The molecule has 29 heavy (non-hydrogen) atoms. The smallest absolute Gasteiger partial charge is 0.248 e. The molecule has 0 atom stereocenters. The van der Waals surface area contributed by atoms with Crippen LogP contribution < -0.4 is 10.6 Å². The summed E-state index contributed by atoms with van der Waals surface area (Å²) in [4.78, 5) is 13.6. The van der Waals surface area contributed by atoms with Crippen molar-refractivity contribution >= 4 is 23.6 Å². The molecule has 2 aromatic carbocycles. The Morgan fingerprint density at radius 2 is 1.69 bits per heavy atom. The summed E-state index contributed by atoms with van der Waals surface area (Å²) in [5.41, 5.74) is 9.26. The molecule has 1 aliphatic heterocycles.